The van der Waals surface area contributed by atoms with E-state index in [9.17, 15) is 4.79 Å². The zero-order chi connectivity index (χ0) is 8.01. The normalized spacial score (nSPS) is 46.6. The van der Waals surface area contributed by atoms with Gasteiger partial charge in [0.25, 0.3) is 0 Å². The third kappa shape index (κ3) is 0.807. The fourth-order valence-electron chi connectivity index (χ4n) is 2.21. The molecule has 2 aliphatic carbocycles. The first-order valence-corrected chi connectivity index (χ1v) is 3.87. The van der Waals surface area contributed by atoms with Crippen LogP contribution in [0.25, 0.3) is 0 Å². The van der Waals surface area contributed by atoms with Crippen molar-refractivity contribution in [2.75, 3.05) is 0 Å². The quantitative estimate of drug-likeness (QED) is 0.530. The summed E-state index contributed by atoms with van der Waals surface area (Å²) in [5, 5.41) is 8.79. The molecule has 0 saturated heterocycles. The largest absolute Gasteiger partial charge is 0.481 e. The first-order valence-electron chi connectivity index (χ1n) is 3.87. The molecule has 2 rings (SSSR count). The Labute approximate surface area is 64.9 Å². The molecule has 0 aromatic heterocycles. The molecule has 0 aromatic rings. The lowest BCUT2D eigenvalue weighted by Gasteiger charge is -2.19. The molecule has 4 atom stereocenters. The molecule has 0 spiro atoms. The van der Waals surface area contributed by atoms with Gasteiger partial charge in [-0.25, -0.2) is 0 Å². The number of rotatable bonds is 1. The Morgan fingerprint density at radius 3 is 2.45 bits per heavy atom. The van der Waals surface area contributed by atoms with E-state index in [0.717, 1.165) is 6.42 Å². The summed E-state index contributed by atoms with van der Waals surface area (Å²) in [6.07, 6.45) is 4.99. The Hall–Kier alpha value is -0.830. The minimum absolute atomic E-state index is 0.150. The van der Waals surface area contributed by atoms with Gasteiger partial charge < -0.3 is 10.8 Å². The van der Waals surface area contributed by atoms with Crippen LogP contribution in [0, 0.1) is 17.8 Å². The average molecular weight is 153 g/mol. The summed E-state index contributed by atoms with van der Waals surface area (Å²) >= 11 is 0. The van der Waals surface area contributed by atoms with E-state index in [1.165, 1.54) is 0 Å². The molecule has 0 heterocycles. The molecule has 0 radical (unpaired) electrons. The van der Waals surface area contributed by atoms with Crippen LogP contribution in [0.1, 0.15) is 6.42 Å². The number of fused-ring (bicyclic) bond motifs is 2. The molecule has 0 aliphatic heterocycles. The Bertz CT molecular complexity index is 224. The zero-order valence-corrected chi connectivity index (χ0v) is 6.10. The highest BCUT2D eigenvalue weighted by Gasteiger charge is 2.46. The summed E-state index contributed by atoms with van der Waals surface area (Å²) in [5.74, 6) is -0.548. The topological polar surface area (TPSA) is 63.3 Å². The van der Waals surface area contributed by atoms with E-state index >= 15 is 0 Å². The van der Waals surface area contributed by atoms with Gasteiger partial charge in [-0.05, 0) is 18.3 Å². The van der Waals surface area contributed by atoms with E-state index in [0.29, 0.717) is 5.92 Å². The second-order valence-corrected chi connectivity index (χ2v) is 3.39. The van der Waals surface area contributed by atoms with Gasteiger partial charge in [-0.15, -0.1) is 0 Å². The summed E-state index contributed by atoms with van der Waals surface area (Å²) in [4.78, 5) is 10.7. The highest BCUT2D eigenvalue weighted by molar-refractivity contribution is 5.72. The predicted octanol–water partition coefficient (Wildman–Crippen LogP) is 0.220. The van der Waals surface area contributed by atoms with E-state index in [1.54, 1.807) is 0 Å². The number of aliphatic carboxylic acids is 1. The van der Waals surface area contributed by atoms with Crippen LogP contribution in [-0.2, 0) is 4.79 Å². The van der Waals surface area contributed by atoms with Crippen molar-refractivity contribution in [3.05, 3.63) is 12.2 Å². The summed E-state index contributed by atoms with van der Waals surface area (Å²) in [5.41, 5.74) is 5.73. The van der Waals surface area contributed by atoms with Crippen molar-refractivity contribution in [3.8, 4) is 0 Å². The van der Waals surface area contributed by atoms with Gasteiger partial charge in [-0.1, -0.05) is 12.2 Å². The van der Waals surface area contributed by atoms with E-state index in [1.807, 2.05) is 6.08 Å². The molecule has 0 amide bonds. The van der Waals surface area contributed by atoms with Crippen LogP contribution >= 0.6 is 0 Å². The fraction of sp³-hybridized carbons (Fsp3) is 0.625. The van der Waals surface area contributed by atoms with Crippen molar-refractivity contribution in [2.45, 2.75) is 12.5 Å². The SMILES string of the molecule is N[C@@H]1[C@@H](C(=O)O)[C@H]2C=C[C@@H]1C2. The number of hydrogen-bond acceptors (Lipinski definition) is 2. The van der Waals surface area contributed by atoms with E-state index in [4.69, 9.17) is 10.8 Å². The molecule has 2 bridgehead atoms. The third-order valence-electron chi connectivity index (χ3n) is 2.81. The van der Waals surface area contributed by atoms with Gasteiger partial charge in [0, 0.05) is 6.04 Å². The fourth-order valence-corrected chi connectivity index (χ4v) is 2.21. The standard InChI is InChI=1S/C8H11NO2/c9-7-5-2-1-4(3-5)6(7)8(10)11/h1-2,4-7H,3,9H2,(H,10,11)/t4-,5+,6-,7-/m0/s1. The maximum absolute atomic E-state index is 10.7. The number of allylic oxidation sites excluding steroid dienone is 1. The van der Waals surface area contributed by atoms with Crippen molar-refractivity contribution >= 4 is 5.97 Å². The highest BCUT2D eigenvalue weighted by atomic mass is 16.4. The lowest BCUT2D eigenvalue weighted by Crippen LogP contribution is -2.38. The van der Waals surface area contributed by atoms with Gasteiger partial charge in [0.1, 0.15) is 0 Å². The summed E-state index contributed by atoms with van der Waals surface area (Å²) in [6, 6.07) is -0.150. The van der Waals surface area contributed by atoms with Crippen LogP contribution in [0.3, 0.4) is 0 Å². The molecule has 2 aliphatic rings. The van der Waals surface area contributed by atoms with Crippen molar-refractivity contribution in [2.24, 2.45) is 23.5 Å². The van der Waals surface area contributed by atoms with Crippen LogP contribution in [0.2, 0.25) is 0 Å². The smallest absolute Gasteiger partial charge is 0.308 e. The van der Waals surface area contributed by atoms with Crippen LogP contribution < -0.4 is 5.73 Å². The van der Waals surface area contributed by atoms with Crippen molar-refractivity contribution < 1.29 is 9.90 Å². The van der Waals surface area contributed by atoms with Crippen LogP contribution in [-0.4, -0.2) is 17.1 Å². The average Bonchev–Trinajstić information content (AvgIpc) is 2.44. The van der Waals surface area contributed by atoms with Gasteiger partial charge in [0.15, 0.2) is 0 Å². The number of carboxylic acids is 1. The number of carbonyl (C=O) groups is 1. The lowest BCUT2D eigenvalue weighted by atomic mass is 9.90. The molecule has 60 valence electrons. The van der Waals surface area contributed by atoms with E-state index in [-0.39, 0.29) is 17.9 Å². The van der Waals surface area contributed by atoms with Gasteiger partial charge >= 0.3 is 5.97 Å². The monoisotopic (exact) mass is 153 g/mol. The molecule has 3 heteroatoms. The van der Waals surface area contributed by atoms with Crippen molar-refractivity contribution in [1.29, 1.82) is 0 Å². The van der Waals surface area contributed by atoms with Crippen molar-refractivity contribution in [3.63, 3.8) is 0 Å². The first-order chi connectivity index (χ1) is 5.20. The van der Waals surface area contributed by atoms with Gasteiger partial charge in [-0.2, -0.15) is 0 Å². The van der Waals surface area contributed by atoms with Crippen LogP contribution in [0.5, 0.6) is 0 Å². The lowest BCUT2D eigenvalue weighted by molar-refractivity contribution is -0.143. The molecule has 0 unspecified atom stereocenters. The molecule has 1 saturated carbocycles. The molecular formula is C8H11NO2. The number of hydrogen-bond donors (Lipinski definition) is 2. The third-order valence-corrected chi connectivity index (χ3v) is 2.81. The Kier molecular flexibility index (Phi) is 1.29. The maximum Gasteiger partial charge on any atom is 0.308 e. The highest BCUT2D eigenvalue weighted by Crippen LogP contribution is 2.42. The molecule has 0 aromatic carbocycles. The summed E-state index contributed by atoms with van der Waals surface area (Å²) in [6.45, 7) is 0. The predicted molar refractivity (Wildman–Crippen MR) is 39.8 cm³/mol. The molecule has 3 nitrogen and oxygen atoms in total. The summed E-state index contributed by atoms with van der Waals surface area (Å²) < 4.78 is 0. The minimum atomic E-state index is -0.741. The van der Waals surface area contributed by atoms with Gasteiger partial charge in [0.2, 0.25) is 0 Å². The second-order valence-electron chi connectivity index (χ2n) is 3.39. The zero-order valence-electron chi connectivity index (χ0n) is 6.10. The Balaban J connectivity index is 2.25. The van der Waals surface area contributed by atoms with Crippen LogP contribution in [0.15, 0.2) is 12.2 Å². The molecular weight excluding hydrogens is 142 g/mol. The van der Waals surface area contributed by atoms with E-state index < -0.39 is 5.97 Å². The second kappa shape index (κ2) is 2.08. The Morgan fingerprint density at radius 1 is 1.45 bits per heavy atom. The molecule has 3 N–H and O–H groups in total. The molecule has 11 heavy (non-hydrogen) atoms. The maximum atomic E-state index is 10.7. The van der Waals surface area contributed by atoms with Gasteiger partial charge in [-0.3, -0.25) is 4.79 Å². The number of carboxylic acid groups (broad SMARTS) is 1. The van der Waals surface area contributed by atoms with E-state index in [2.05, 4.69) is 6.08 Å². The van der Waals surface area contributed by atoms with Crippen molar-refractivity contribution in [1.82, 2.24) is 0 Å². The van der Waals surface area contributed by atoms with Crippen LogP contribution in [0.4, 0.5) is 0 Å². The number of nitrogens with two attached hydrogens (primary N) is 1. The molecule has 1 fully saturated rings. The minimum Gasteiger partial charge on any atom is -0.481 e. The summed E-state index contributed by atoms with van der Waals surface area (Å²) in [7, 11) is 0. The Morgan fingerprint density at radius 2 is 2.09 bits per heavy atom. The van der Waals surface area contributed by atoms with Gasteiger partial charge in [0.05, 0.1) is 5.92 Å². The first kappa shape index (κ1) is 6.85.